The molecule has 0 saturated heterocycles. The Kier molecular flexibility index (Phi) is 6.46. The molecule has 194 valence electrons. The number of fused-ring (bicyclic) bond motifs is 3. The van der Waals surface area contributed by atoms with Crippen molar-refractivity contribution in [1.82, 2.24) is 13.9 Å². The highest BCUT2D eigenvalue weighted by Gasteiger charge is 2.26. The van der Waals surface area contributed by atoms with E-state index in [1.54, 1.807) is 36.4 Å². The Bertz CT molecular complexity index is 1880. The Morgan fingerprint density at radius 3 is 2.23 bits per heavy atom. The summed E-state index contributed by atoms with van der Waals surface area (Å²) < 4.78 is 44.7. The molecule has 0 unspecified atom stereocenters. The van der Waals surface area contributed by atoms with Gasteiger partial charge in [0.2, 0.25) is 10.0 Å². The molecular formula is C32H26FN3O2S. The number of nitrogens with zero attached hydrogens (tertiary/aromatic N) is 3. The molecule has 0 spiro atoms. The third-order valence-corrected chi connectivity index (χ3v) is 8.66. The molecule has 5 nitrogen and oxygen atoms in total. The summed E-state index contributed by atoms with van der Waals surface area (Å²) in [5.41, 5.74) is 4.95. The summed E-state index contributed by atoms with van der Waals surface area (Å²) in [4.78, 5) is 0.241. The van der Waals surface area contributed by atoms with Crippen LogP contribution in [0.15, 0.2) is 120 Å². The van der Waals surface area contributed by atoms with Crippen LogP contribution in [0.5, 0.6) is 0 Å². The van der Waals surface area contributed by atoms with Gasteiger partial charge in [0, 0.05) is 17.5 Å². The average molecular weight is 536 g/mol. The van der Waals surface area contributed by atoms with Gasteiger partial charge >= 0.3 is 0 Å². The zero-order valence-corrected chi connectivity index (χ0v) is 22.1. The molecule has 0 aliphatic heterocycles. The first-order valence-corrected chi connectivity index (χ1v) is 14.1. The number of pyridine rings is 1. The maximum atomic E-state index is 13.9. The number of aryl methyl sites for hydroxylation is 1. The number of halogens is 1. The van der Waals surface area contributed by atoms with Gasteiger partial charge in [0.15, 0.2) is 0 Å². The third kappa shape index (κ3) is 4.94. The van der Waals surface area contributed by atoms with E-state index in [0.717, 1.165) is 38.7 Å². The Hall–Kier alpha value is -4.33. The van der Waals surface area contributed by atoms with Crippen LogP contribution in [-0.4, -0.2) is 22.3 Å². The van der Waals surface area contributed by atoms with Crippen LogP contribution >= 0.6 is 0 Å². The molecule has 0 atom stereocenters. The van der Waals surface area contributed by atoms with Crippen LogP contribution in [0.3, 0.4) is 0 Å². The number of hydrogen-bond donors (Lipinski definition) is 0. The van der Waals surface area contributed by atoms with E-state index in [9.17, 15) is 12.8 Å². The lowest BCUT2D eigenvalue weighted by Crippen LogP contribution is -2.30. The van der Waals surface area contributed by atoms with Crippen molar-refractivity contribution in [2.45, 2.75) is 24.9 Å². The second-order valence-corrected chi connectivity index (χ2v) is 11.6. The Morgan fingerprint density at radius 1 is 0.795 bits per heavy atom. The lowest BCUT2D eigenvalue weighted by atomic mass is 10.1. The molecule has 0 aliphatic rings. The molecule has 0 bridgehead atoms. The first-order valence-electron chi connectivity index (χ1n) is 12.7. The zero-order chi connectivity index (χ0) is 27.0. The second-order valence-electron chi connectivity index (χ2n) is 9.63. The molecular weight excluding hydrogens is 509 g/mol. The van der Waals surface area contributed by atoms with Crippen molar-refractivity contribution in [3.63, 3.8) is 0 Å². The van der Waals surface area contributed by atoms with Crippen molar-refractivity contribution in [1.29, 1.82) is 0 Å². The maximum absolute atomic E-state index is 13.9. The van der Waals surface area contributed by atoms with Gasteiger partial charge in [-0.1, -0.05) is 72.3 Å². The highest BCUT2D eigenvalue weighted by Crippen LogP contribution is 2.30. The van der Waals surface area contributed by atoms with Gasteiger partial charge in [-0.3, -0.25) is 0 Å². The molecule has 0 N–H and O–H groups in total. The van der Waals surface area contributed by atoms with Crippen molar-refractivity contribution in [2.75, 3.05) is 0 Å². The summed E-state index contributed by atoms with van der Waals surface area (Å²) >= 11 is 0. The summed E-state index contributed by atoms with van der Waals surface area (Å²) in [5.74, 6) is -0.310. The van der Waals surface area contributed by atoms with Gasteiger partial charge in [-0.25, -0.2) is 17.3 Å². The van der Waals surface area contributed by atoms with Crippen molar-refractivity contribution >= 4 is 26.3 Å². The van der Waals surface area contributed by atoms with Gasteiger partial charge in [-0.2, -0.15) is 9.40 Å². The van der Waals surface area contributed by atoms with E-state index in [-0.39, 0.29) is 23.8 Å². The van der Waals surface area contributed by atoms with Crippen LogP contribution in [0, 0.1) is 12.7 Å². The van der Waals surface area contributed by atoms with Crippen molar-refractivity contribution in [3.05, 3.63) is 138 Å². The zero-order valence-electron chi connectivity index (χ0n) is 21.3. The fourth-order valence-electron chi connectivity index (χ4n) is 4.83. The number of rotatable bonds is 7. The second kappa shape index (κ2) is 10.1. The van der Waals surface area contributed by atoms with Gasteiger partial charge in [-0.05, 0) is 66.4 Å². The fourth-order valence-corrected chi connectivity index (χ4v) is 6.23. The quantitative estimate of drug-likeness (QED) is 0.221. The molecule has 2 aromatic heterocycles. The van der Waals surface area contributed by atoms with E-state index in [2.05, 4.69) is 0 Å². The number of sulfonamides is 1. The predicted molar refractivity (Wildman–Crippen MR) is 152 cm³/mol. The lowest BCUT2D eigenvalue weighted by Gasteiger charge is -2.21. The molecule has 6 aromatic rings. The van der Waals surface area contributed by atoms with Gasteiger partial charge in [0.05, 0.1) is 28.3 Å². The Morgan fingerprint density at radius 2 is 1.49 bits per heavy atom. The first kappa shape index (κ1) is 25.0. The molecule has 0 saturated carbocycles. The van der Waals surface area contributed by atoms with E-state index < -0.39 is 10.0 Å². The summed E-state index contributed by atoms with van der Waals surface area (Å²) in [6.45, 7) is 2.22. The smallest absolute Gasteiger partial charge is 0.232 e. The SMILES string of the molecule is Cc1ccc(S(=O)(=O)N(Cc2ccccc2)Cc2cc3c4ccccc4cc(-c4ccc(F)cc4)n3n2)cc1. The standard InChI is InChI=1S/C32H26FN3O2S/c1-23-11-17-29(18-12-23)39(37,38)35(21-24-7-3-2-4-8-24)22-28-20-32-30-10-6-5-9-26(30)19-31(36(32)34-28)25-13-15-27(33)16-14-25/h2-20H,21-22H2,1H3. The predicted octanol–water partition coefficient (Wildman–Crippen LogP) is 6.99. The first-order chi connectivity index (χ1) is 18.9. The summed E-state index contributed by atoms with van der Waals surface area (Å²) in [5, 5.41) is 6.90. The third-order valence-electron chi connectivity index (χ3n) is 6.86. The number of benzene rings is 4. The average Bonchev–Trinajstić information content (AvgIpc) is 3.38. The summed E-state index contributed by atoms with van der Waals surface area (Å²) in [7, 11) is -3.82. The van der Waals surface area contributed by atoms with Crippen LogP contribution in [0.4, 0.5) is 4.39 Å². The minimum atomic E-state index is -3.82. The van der Waals surface area contributed by atoms with Gasteiger partial charge in [0.1, 0.15) is 5.82 Å². The van der Waals surface area contributed by atoms with E-state index in [1.807, 2.05) is 78.2 Å². The molecule has 0 aliphatic carbocycles. The summed E-state index contributed by atoms with van der Waals surface area (Å²) in [6.07, 6.45) is 0. The van der Waals surface area contributed by atoms with E-state index in [4.69, 9.17) is 5.10 Å². The molecule has 0 amide bonds. The number of aromatic nitrogens is 2. The highest BCUT2D eigenvalue weighted by atomic mass is 32.2. The van der Waals surface area contributed by atoms with Gasteiger partial charge in [0.25, 0.3) is 0 Å². The molecule has 39 heavy (non-hydrogen) atoms. The van der Waals surface area contributed by atoms with Gasteiger partial charge < -0.3 is 0 Å². The minimum Gasteiger partial charge on any atom is -0.232 e. The van der Waals surface area contributed by atoms with Crippen LogP contribution in [0.25, 0.3) is 27.5 Å². The van der Waals surface area contributed by atoms with Crippen LogP contribution in [0.1, 0.15) is 16.8 Å². The molecule has 7 heteroatoms. The monoisotopic (exact) mass is 535 g/mol. The van der Waals surface area contributed by atoms with Crippen molar-refractivity contribution in [3.8, 4) is 11.3 Å². The topological polar surface area (TPSA) is 54.7 Å². The molecule has 6 rings (SSSR count). The summed E-state index contributed by atoms with van der Waals surface area (Å²) in [6, 6.07) is 34.7. The van der Waals surface area contributed by atoms with Crippen LogP contribution in [-0.2, 0) is 23.1 Å². The van der Waals surface area contributed by atoms with Gasteiger partial charge in [-0.15, -0.1) is 0 Å². The van der Waals surface area contributed by atoms with E-state index in [0.29, 0.717) is 5.69 Å². The number of hydrogen-bond acceptors (Lipinski definition) is 3. The molecule has 2 heterocycles. The maximum Gasteiger partial charge on any atom is 0.243 e. The van der Waals surface area contributed by atoms with Crippen LogP contribution < -0.4 is 0 Å². The van der Waals surface area contributed by atoms with Crippen molar-refractivity contribution in [2.24, 2.45) is 0 Å². The Balaban J connectivity index is 1.48. The minimum absolute atomic E-state index is 0.0873. The van der Waals surface area contributed by atoms with E-state index >= 15 is 0 Å². The highest BCUT2D eigenvalue weighted by molar-refractivity contribution is 7.89. The lowest BCUT2D eigenvalue weighted by molar-refractivity contribution is 0.396. The largest absolute Gasteiger partial charge is 0.243 e. The van der Waals surface area contributed by atoms with E-state index in [1.165, 1.54) is 16.4 Å². The molecule has 4 aromatic carbocycles. The molecule has 0 radical (unpaired) electrons. The Labute approximate surface area is 226 Å². The van der Waals surface area contributed by atoms with Crippen molar-refractivity contribution < 1.29 is 12.8 Å². The fraction of sp³-hybridized carbons (Fsp3) is 0.0938. The molecule has 0 fully saturated rings. The van der Waals surface area contributed by atoms with Crippen LogP contribution in [0.2, 0.25) is 0 Å². The normalized spacial score (nSPS) is 12.0.